The molecule has 6 rings (SSSR count). The van der Waals surface area contributed by atoms with Crippen molar-refractivity contribution >= 4 is 17.7 Å². The van der Waals surface area contributed by atoms with Crippen LogP contribution in [0.3, 0.4) is 0 Å². The Hall–Kier alpha value is -2.25. The average Bonchev–Trinajstić information content (AvgIpc) is 3.04. The molecule has 4 aliphatic heterocycles. The predicted octanol–water partition coefficient (Wildman–Crippen LogP) is 0.822. The summed E-state index contributed by atoms with van der Waals surface area (Å²) < 4.78 is 0. The number of rotatable bonds is 4. The van der Waals surface area contributed by atoms with Crippen LogP contribution in [-0.4, -0.2) is 46.8 Å². The van der Waals surface area contributed by atoms with Gasteiger partial charge in [0.1, 0.15) is 6.04 Å². The number of hydrogen-bond acceptors (Lipinski definition) is 5. The van der Waals surface area contributed by atoms with E-state index in [1.165, 1.54) is 31.2 Å². The molecule has 4 fully saturated rings. The topological polar surface area (TPSA) is 90.5 Å². The van der Waals surface area contributed by atoms with E-state index < -0.39 is 6.04 Å². The van der Waals surface area contributed by atoms with E-state index in [-0.39, 0.29) is 29.7 Å². The molecule has 2 bridgehead atoms. The molecule has 3 saturated heterocycles. The number of piperidine rings is 3. The van der Waals surface area contributed by atoms with Gasteiger partial charge in [-0.1, -0.05) is 12.1 Å². The first-order chi connectivity index (χ1) is 13.5. The summed E-state index contributed by atoms with van der Waals surface area (Å²) >= 11 is 0. The Morgan fingerprint density at radius 1 is 1.14 bits per heavy atom. The first-order valence-electron chi connectivity index (χ1n) is 10.3. The van der Waals surface area contributed by atoms with E-state index in [0.717, 1.165) is 18.7 Å². The fourth-order valence-corrected chi connectivity index (χ4v) is 5.16. The molecule has 1 aromatic carbocycles. The van der Waals surface area contributed by atoms with Gasteiger partial charge in [0.15, 0.2) is 0 Å². The van der Waals surface area contributed by atoms with Gasteiger partial charge in [-0.3, -0.25) is 19.7 Å². The Kier molecular flexibility index (Phi) is 4.25. The lowest BCUT2D eigenvalue weighted by Gasteiger charge is -2.48. The van der Waals surface area contributed by atoms with Gasteiger partial charge in [-0.15, -0.1) is 0 Å². The molecule has 0 radical (unpaired) electrons. The number of imide groups is 1. The largest absolute Gasteiger partial charge is 0.322 e. The Morgan fingerprint density at radius 2 is 1.96 bits per heavy atom. The molecule has 1 aromatic rings. The number of fused-ring (bicyclic) bond motifs is 4. The third kappa shape index (κ3) is 3.02. The summed E-state index contributed by atoms with van der Waals surface area (Å²) in [7, 11) is 0. The van der Waals surface area contributed by atoms with Crippen molar-refractivity contribution in [2.75, 3.05) is 6.54 Å². The maximum Gasteiger partial charge on any atom is 0.255 e. The molecule has 1 saturated carbocycles. The molecule has 1 unspecified atom stereocenters. The zero-order valence-electron chi connectivity index (χ0n) is 15.9. The summed E-state index contributed by atoms with van der Waals surface area (Å²) in [5, 5.41) is 9.73. The maximum atomic E-state index is 12.8. The summed E-state index contributed by atoms with van der Waals surface area (Å²) in [6, 6.07) is 6.13. The highest BCUT2D eigenvalue weighted by atomic mass is 16.2. The highest BCUT2D eigenvalue weighted by molar-refractivity contribution is 6.05. The SMILES string of the molecule is O=C1CCC(N2Cc3cc(CNC45CCC(CC4)NC5)ccc3C2=O)C(=O)N1. The van der Waals surface area contributed by atoms with Crippen molar-refractivity contribution in [3.63, 3.8) is 0 Å². The van der Waals surface area contributed by atoms with Crippen LogP contribution in [0.2, 0.25) is 0 Å². The fourth-order valence-electron chi connectivity index (χ4n) is 5.16. The molecule has 7 heteroatoms. The second-order valence-corrected chi connectivity index (χ2v) is 8.68. The van der Waals surface area contributed by atoms with Crippen molar-refractivity contribution in [3.05, 3.63) is 34.9 Å². The molecule has 3 amide bonds. The van der Waals surface area contributed by atoms with Crippen LogP contribution in [0.15, 0.2) is 18.2 Å². The monoisotopic (exact) mass is 382 g/mol. The second-order valence-electron chi connectivity index (χ2n) is 8.68. The van der Waals surface area contributed by atoms with Crippen LogP contribution in [0.25, 0.3) is 0 Å². The summed E-state index contributed by atoms with van der Waals surface area (Å²) in [5.74, 6) is -0.736. The Morgan fingerprint density at radius 3 is 2.68 bits per heavy atom. The Balaban J connectivity index is 1.28. The standard InChI is InChI=1S/C21H26N4O3/c26-18-4-3-17(19(27)24-18)25-11-14-9-13(1-2-16(14)20(25)28)10-23-21-7-5-15(6-8-21)22-12-21/h1-2,9,15,17,22-23H,3-8,10-12H2,(H,24,26,27). The molecular formula is C21H26N4O3. The smallest absolute Gasteiger partial charge is 0.255 e. The first kappa shape index (κ1) is 17.8. The van der Waals surface area contributed by atoms with Crippen LogP contribution in [-0.2, 0) is 22.7 Å². The van der Waals surface area contributed by atoms with Gasteiger partial charge in [0.2, 0.25) is 11.8 Å². The number of hydrogen-bond donors (Lipinski definition) is 3. The summed E-state index contributed by atoms with van der Waals surface area (Å²) in [5.41, 5.74) is 3.00. The number of benzene rings is 1. The maximum absolute atomic E-state index is 12.8. The van der Waals surface area contributed by atoms with Gasteiger partial charge in [0.05, 0.1) is 0 Å². The highest BCUT2D eigenvalue weighted by Gasteiger charge is 2.40. The van der Waals surface area contributed by atoms with Gasteiger partial charge in [-0.05, 0) is 49.3 Å². The van der Waals surface area contributed by atoms with Crippen molar-refractivity contribution in [2.45, 2.75) is 69.2 Å². The molecular weight excluding hydrogens is 356 g/mol. The number of carbonyl (C=O) groups excluding carboxylic acids is 3. The number of carbonyl (C=O) groups is 3. The molecule has 4 heterocycles. The molecule has 28 heavy (non-hydrogen) atoms. The van der Waals surface area contributed by atoms with Gasteiger partial charge in [0, 0.05) is 43.2 Å². The van der Waals surface area contributed by atoms with Gasteiger partial charge in [-0.25, -0.2) is 0 Å². The Bertz CT molecular complexity index is 830. The van der Waals surface area contributed by atoms with E-state index in [1.807, 2.05) is 12.1 Å². The molecule has 7 nitrogen and oxygen atoms in total. The lowest BCUT2D eigenvalue weighted by atomic mass is 9.75. The van der Waals surface area contributed by atoms with Crippen molar-refractivity contribution < 1.29 is 14.4 Å². The van der Waals surface area contributed by atoms with E-state index >= 15 is 0 Å². The van der Waals surface area contributed by atoms with Crippen molar-refractivity contribution in [3.8, 4) is 0 Å². The quantitative estimate of drug-likeness (QED) is 0.671. The van der Waals surface area contributed by atoms with E-state index in [2.05, 4.69) is 22.0 Å². The van der Waals surface area contributed by atoms with Crippen LogP contribution in [0.1, 0.15) is 60.0 Å². The third-order valence-corrected chi connectivity index (χ3v) is 6.93. The average molecular weight is 382 g/mol. The van der Waals surface area contributed by atoms with Crippen molar-refractivity contribution in [1.82, 2.24) is 20.9 Å². The van der Waals surface area contributed by atoms with Crippen LogP contribution in [0, 0.1) is 0 Å². The molecule has 0 spiro atoms. The van der Waals surface area contributed by atoms with E-state index in [4.69, 9.17) is 0 Å². The molecule has 1 atom stereocenters. The predicted molar refractivity (Wildman–Crippen MR) is 102 cm³/mol. The highest BCUT2D eigenvalue weighted by Crippen LogP contribution is 2.33. The van der Waals surface area contributed by atoms with Gasteiger partial charge < -0.3 is 15.5 Å². The number of nitrogens with zero attached hydrogens (tertiary/aromatic N) is 1. The first-order valence-corrected chi connectivity index (χ1v) is 10.3. The minimum Gasteiger partial charge on any atom is -0.322 e. The second kappa shape index (κ2) is 6.67. The zero-order chi connectivity index (χ0) is 19.3. The van der Waals surface area contributed by atoms with E-state index in [0.29, 0.717) is 24.6 Å². The van der Waals surface area contributed by atoms with Gasteiger partial charge >= 0.3 is 0 Å². The van der Waals surface area contributed by atoms with Crippen LogP contribution in [0.5, 0.6) is 0 Å². The Labute approximate surface area is 164 Å². The fraction of sp³-hybridized carbons (Fsp3) is 0.571. The van der Waals surface area contributed by atoms with Gasteiger partial charge in [-0.2, -0.15) is 0 Å². The molecule has 3 N–H and O–H groups in total. The van der Waals surface area contributed by atoms with Crippen LogP contribution < -0.4 is 16.0 Å². The molecule has 0 aromatic heterocycles. The number of nitrogens with one attached hydrogen (secondary N) is 3. The molecule has 5 aliphatic rings. The zero-order valence-corrected chi connectivity index (χ0v) is 15.9. The number of amides is 3. The summed E-state index contributed by atoms with van der Waals surface area (Å²) in [4.78, 5) is 37.9. The minimum absolute atomic E-state index is 0.114. The summed E-state index contributed by atoms with van der Waals surface area (Å²) in [6.07, 6.45) is 5.60. The third-order valence-electron chi connectivity index (χ3n) is 6.93. The minimum atomic E-state index is -0.554. The van der Waals surface area contributed by atoms with Crippen molar-refractivity contribution in [2.24, 2.45) is 0 Å². The van der Waals surface area contributed by atoms with Crippen LogP contribution in [0.4, 0.5) is 0 Å². The van der Waals surface area contributed by atoms with E-state index in [1.54, 1.807) is 4.90 Å². The van der Waals surface area contributed by atoms with E-state index in [9.17, 15) is 14.4 Å². The molecule has 1 aliphatic carbocycles. The van der Waals surface area contributed by atoms with Crippen LogP contribution >= 0.6 is 0 Å². The lowest BCUT2D eigenvalue weighted by molar-refractivity contribution is -0.136. The summed E-state index contributed by atoms with van der Waals surface area (Å²) in [6.45, 7) is 2.25. The van der Waals surface area contributed by atoms with Gasteiger partial charge in [0.25, 0.3) is 5.91 Å². The molecule has 148 valence electrons. The lowest BCUT2D eigenvalue weighted by Crippen LogP contribution is -2.62. The van der Waals surface area contributed by atoms with Crippen molar-refractivity contribution in [1.29, 1.82) is 0 Å². The normalized spacial score (nSPS) is 31.9.